The summed E-state index contributed by atoms with van der Waals surface area (Å²) in [6, 6.07) is 4.59. The molecule has 4 aromatic heterocycles. The van der Waals surface area contributed by atoms with Gasteiger partial charge < -0.3 is 31.0 Å². The summed E-state index contributed by atoms with van der Waals surface area (Å²) in [7, 11) is 3.52. The number of aliphatic hydroxyl groups is 1. The molecule has 2 aliphatic rings. The normalized spacial score (nSPS) is 14.3. The summed E-state index contributed by atoms with van der Waals surface area (Å²) in [5, 5.41) is 18.0. The molecular formula is C31H43Cl2N8NaO2. The van der Waals surface area contributed by atoms with Gasteiger partial charge in [-0.1, -0.05) is 53.4 Å². The monoisotopic (exact) mass is 652 g/mol. The van der Waals surface area contributed by atoms with Crippen molar-refractivity contribution in [2.75, 3.05) is 14.1 Å². The molecule has 1 N–H and O–H groups in total. The van der Waals surface area contributed by atoms with E-state index < -0.39 is 0 Å². The third-order valence-electron chi connectivity index (χ3n) is 7.34. The van der Waals surface area contributed by atoms with Gasteiger partial charge in [-0.3, -0.25) is 4.79 Å². The quantitative estimate of drug-likeness (QED) is 0.192. The number of carbonyl (C=O) groups is 1. The molecule has 1 amide bonds. The Labute approximate surface area is 293 Å². The molecule has 4 aromatic rings. The van der Waals surface area contributed by atoms with Gasteiger partial charge in [-0.05, 0) is 61.0 Å². The number of aliphatic hydroxyl groups excluding tert-OH is 1. The van der Waals surface area contributed by atoms with Gasteiger partial charge in [-0.25, -0.2) is 9.97 Å². The summed E-state index contributed by atoms with van der Waals surface area (Å²) < 4.78 is 4.19. The first kappa shape index (κ1) is 39.8. The van der Waals surface area contributed by atoms with E-state index in [1.165, 1.54) is 32.1 Å². The zero-order valence-corrected chi connectivity index (χ0v) is 29.2. The first-order valence-corrected chi connectivity index (χ1v) is 15.1. The van der Waals surface area contributed by atoms with Gasteiger partial charge >= 0.3 is 29.6 Å². The van der Waals surface area contributed by atoms with Crippen molar-refractivity contribution in [3.05, 3.63) is 53.1 Å². The molecule has 13 heteroatoms. The Balaban J connectivity index is 0.000000372. The van der Waals surface area contributed by atoms with E-state index in [1.807, 2.05) is 12.1 Å². The van der Waals surface area contributed by atoms with Crippen LogP contribution in [0.2, 0.25) is 10.6 Å². The maximum Gasteiger partial charge on any atom is 1.00 e. The number of nitrogens with zero attached hydrogens (tertiary/aromatic N) is 8. The molecule has 234 valence electrons. The molecule has 0 saturated heterocycles. The molecule has 2 aliphatic carbocycles. The van der Waals surface area contributed by atoms with Crippen molar-refractivity contribution in [2.24, 2.45) is 0 Å². The van der Waals surface area contributed by atoms with Crippen LogP contribution in [0, 0.1) is 11.8 Å². The van der Waals surface area contributed by atoms with Crippen LogP contribution < -0.4 is 29.6 Å². The Hall–Kier alpha value is -2.26. The van der Waals surface area contributed by atoms with E-state index in [0.29, 0.717) is 17.8 Å². The van der Waals surface area contributed by atoms with Gasteiger partial charge in [-0.2, -0.15) is 9.97 Å². The fraction of sp³-hybridized carbons (Fsp3) is 0.548. The number of amides is 1. The Kier molecular flexibility index (Phi) is 17.4. The molecular weight excluding hydrogens is 610 g/mol. The second-order valence-corrected chi connectivity index (χ2v) is 11.4. The minimum atomic E-state index is -0.00831. The van der Waals surface area contributed by atoms with Gasteiger partial charge in [-0.15, -0.1) is 0 Å². The van der Waals surface area contributed by atoms with Gasteiger partial charge in [0.05, 0.1) is 6.61 Å². The molecule has 0 bridgehead atoms. The van der Waals surface area contributed by atoms with E-state index in [9.17, 15) is 9.90 Å². The summed E-state index contributed by atoms with van der Waals surface area (Å²) in [5.74, 6) is -0.00831. The zero-order chi connectivity index (χ0) is 30.8. The minimum Gasteiger partial charge on any atom is -0.512 e. The van der Waals surface area contributed by atoms with Gasteiger partial charge in [0.15, 0.2) is 0 Å². The van der Waals surface area contributed by atoms with E-state index in [2.05, 4.69) is 42.9 Å². The molecule has 2 saturated carbocycles. The second-order valence-electron chi connectivity index (χ2n) is 10.7. The first-order valence-electron chi connectivity index (χ1n) is 14.4. The largest absolute Gasteiger partial charge is 1.00 e. The average molecular weight is 654 g/mol. The van der Waals surface area contributed by atoms with E-state index >= 15 is 0 Å². The number of fused-ring (bicyclic) bond motifs is 2. The summed E-state index contributed by atoms with van der Waals surface area (Å²) in [6.07, 6.45) is 14.0. The van der Waals surface area contributed by atoms with Crippen LogP contribution in [0.5, 0.6) is 0 Å². The Morgan fingerprint density at radius 2 is 1.32 bits per heavy atom. The van der Waals surface area contributed by atoms with Crippen LogP contribution in [0.25, 0.3) is 22.1 Å². The van der Waals surface area contributed by atoms with E-state index in [-0.39, 0.29) is 60.1 Å². The standard InChI is InChI=1S/C14H17ClN4O.C12H14ClN3O.C3H8.CN.CH4.Na/c1-18(2)13(20)11-7-9-8-16-14(15)17-12(9)19(11)10-5-3-4-6-10;13-12-14-6-8-5-10(7-17)16(11(8)15-12)9-3-1-2-4-9;1-3-2;1-2;;/h7-8,10H,3-6H2,1-2H3;5-6,9,17H,1-4,7H2;3H2,1-2H3;;1H4;/q;;;-1;;+1. The van der Waals surface area contributed by atoms with Gasteiger partial charge in [0.1, 0.15) is 17.0 Å². The zero-order valence-electron chi connectivity index (χ0n) is 25.7. The summed E-state index contributed by atoms with van der Waals surface area (Å²) in [6.45, 7) is 9.03. The number of carbonyl (C=O) groups excluding carboxylic acids is 1. The van der Waals surface area contributed by atoms with E-state index in [0.717, 1.165) is 53.4 Å². The third-order valence-corrected chi connectivity index (χ3v) is 7.70. The molecule has 0 unspecified atom stereocenters. The molecule has 44 heavy (non-hydrogen) atoms. The molecule has 0 aliphatic heterocycles. The third kappa shape index (κ3) is 9.38. The maximum atomic E-state index is 12.4. The number of hydrogen-bond donors (Lipinski definition) is 1. The van der Waals surface area contributed by atoms with Gasteiger partial charge in [0.25, 0.3) is 5.91 Å². The molecule has 0 aromatic carbocycles. The Morgan fingerprint density at radius 3 is 1.75 bits per heavy atom. The SMILES string of the molecule is C.CCC.CN(C)C(=O)c1cc2cnc(Cl)nc2n1C1CCCC1.OCc1cc2cnc(Cl)nc2n1C1CCCC1.[C-]#N.[Na+]. The average Bonchev–Trinajstić information content (AvgIpc) is 3.79. The molecule has 2 fully saturated rings. The molecule has 6 rings (SSSR count). The van der Waals surface area contributed by atoms with Crippen LogP contribution >= 0.6 is 23.2 Å². The van der Waals surface area contributed by atoms with Crippen LogP contribution in [0.3, 0.4) is 0 Å². The number of rotatable bonds is 4. The topological polar surface area (TPSA) is 126 Å². The first-order chi connectivity index (χ1) is 20.3. The van der Waals surface area contributed by atoms with Crippen molar-refractivity contribution in [3.63, 3.8) is 0 Å². The fourth-order valence-electron chi connectivity index (χ4n) is 5.65. The molecule has 0 radical (unpaired) electrons. The van der Waals surface area contributed by atoms with E-state index in [1.54, 1.807) is 31.4 Å². The number of halogens is 2. The van der Waals surface area contributed by atoms with Crippen LogP contribution in [0.4, 0.5) is 0 Å². The van der Waals surface area contributed by atoms with Crippen molar-refractivity contribution in [3.8, 4) is 0 Å². The summed E-state index contributed by atoms with van der Waals surface area (Å²) in [4.78, 5) is 30.6. The van der Waals surface area contributed by atoms with Crippen molar-refractivity contribution < 1.29 is 39.5 Å². The minimum absolute atomic E-state index is 0. The molecule has 0 atom stereocenters. The van der Waals surface area contributed by atoms with Crippen LogP contribution in [-0.4, -0.2) is 59.1 Å². The summed E-state index contributed by atoms with van der Waals surface area (Å²) in [5.41, 5.74) is 3.19. The smallest absolute Gasteiger partial charge is 0.512 e. The van der Waals surface area contributed by atoms with Crippen molar-refractivity contribution >= 4 is 51.2 Å². The fourth-order valence-corrected chi connectivity index (χ4v) is 5.90. The molecule has 4 heterocycles. The molecule has 0 spiro atoms. The Bertz CT molecular complexity index is 1490. The van der Waals surface area contributed by atoms with Gasteiger partial charge in [0, 0.05) is 55.0 Å². The van der Waals surface area contributed by atoms with Gasteiger partial charge in [0.2, 0.25) is 10.6 Å². The van der Waals surface area contributed by atoms with Crippen molar-refractivity contribution in [1.29, 1.82) is 5.26 Å². The summed E-state index contributed by atoms with van der Waals surface area (Å²) >= 11 is 11.8. The van der Waals surface area contributed by atoms with Crippen LogP contribution in [-0.2, 0) is 6.61 Å². The maximum absolute atomic E-state index is 12.4. The second kappa shape index (κ2) is 19.3. The van der Waals surface area contributed by atoms with Crippen LogP contribution in [0.15, 0.2) is 24.5 Å². The van der Waals surface area contributed by atoms with Crippen molar-refractivity contribution in [1.82, 2.24) is 34.0 Å². The molecule has 10 nitrogen and oxygen atoms in total. The van der Waals surface area contributed by atoms with Crippen molar-refractivity contribution in [2.45, 2.75) is 97.8 Å². The van der Waals surface area contributed by atoms with Crippen LogP contribution in [0.1, 0.15) is 107 Å². The number of hydrogen-bond acceptors (Lipinski definition) is 7. The number of aromatic nitrogens is 6. The Morgan fingerprint density at radius 1 is 0.909 bits per heavy atom. The predicted molar refractivity (Wildman–Crippen MR) is 172 cm³/mol. The van der Waals surface area contributed by atoms with E-state index in [4.69, 9.17) is 35.0 Å². The predicted octanol–water partition coefficient (Wildman–Crippen LogP) is 4.75.